The van der Waals surface area contributed by atoms with E-state index in [9.17, 15) is 4.39 Å². The molecule has 0 N–H and O–H groups in total. The summed E-state index contributed by atoms with van der Waals surface area (Å²) in [4.78, 5) is 0. The molecule has 0 unspecified atom stereocenters. The van der Waals surface area contributed by atoms with Crippen LogP contribution in [0.15, 0.2) is 36.3 Å². The van der Waals surface area contributed by atoms with E-state index >= 15 is 0 Å². The Morgan fingerprint density at radius 2 is 1.60 bits per heavy atom. The van der Waals surface area contributed by atoms with E-state index in [0.29, 0.717) is 0 Å². The Kier molecular flexibility index (Phi) is 4.35. The van der Waals surface area contributed by atoms with E-state index in [1.165, 1.54) is 12.1 Å². The van der Waals surface area contributed by atoms with Crippen molar-refractivity contribution in [2.45, 2.75) is 51.7 Å². The van der Waals surface area contributed by atoms with E-state index in [1.54, 1.807) is 0 Å². The number of aryl methyl sites for hydroxylation is 1. The molecule has 2 rings (SSSR count). The first-order valence-electron chi connectivity index (χ1n) is 7.07. The maximum atomic E-state index is 12.8. The minimum Gasteiger partial charge on any atom is -0.400 e. The van der Waals surface area contributed by atoms with Gasteiger partial charge in [-0.25, -0.2) is 4.39 Å². The van der Waals surface area contributed by atoms with Gasteiger partial charge in [-0.1, -0.05) is 24.2 Å². The molecule has 2 nitrogen and oxygen atoms in total. The quantitative estimate of drug-likeness (QED) is 0.775. The summed E-state index contributed by atoms with van der Waals surface area (Å²) in [6, 6.07) is 6.62. The van der Waals surface area contributed by atoms with Crippen molar-refractivity contribution >= 4 is 7.12 Å². The van der Waals surface area contributed by atoms with E-state index in [1.807, 2.05) is 45.8 Å². The molecule has 0 radical (unpaired) electrons. The van der Waals surface area contributed by atoms with E-state index < -0.39 is 0 Å². The van der Waals surface area contributed by atoms with Crippen molar-refractivity contribution in [1.82, 2.24) is 0 Å². The van der Waals surface area contributed by atoms with Gasteiger partial charge >= 0.3 is 7.12 Å². The lowest BCUT2D eigenvalue weighted by Gasteiger charge is -2.32. The highest BCUT2D eigenvalue weighted by molar-refractivity contribution is 6.51. The predicted molar refractivity (Wildman–Crippen MR) is 79.9 cm³/mol. The first-order chi connectivity index (χ1) is 9.30. The highest BCUT2D eigenvalue weighted by atomic mass is 19.1. The summed E-state index contributed by atoms with van der Waals surface area (Å²) in [5, 5.41) is 0. The zero-order chi connectivity index (χ0) is 14.8. The molecule has 4 heteroatoms. The van der Waals surface area contributed by atoms with Crippen molar-refractivity contribution in [2.75, 3.05) is 0 Å². The Labute approximate surface area is 121 Å². The third-order valence-electron chi connectivity index (χ3n) is 4.08. The van der Waals surface area contributed by atoms with Gasteiger partial charge in [0.2, 0.25) is 0 Å². The van der Waals surface area contributed by atoms with Gasteiger partial charge in [0.15, 0.2) is 0 Å². The number of hydrogen-bond acceptors (Lipinski definition) is 2. The zero-order valence-corrected chi connectivity index (χ0v) is 12.7. The van der Waals surface area contributed by atoms with Crippen LogP contribution in [0.1, 0.15) is 39.7 Å². The van der Waals surface area contributed by atoms with Gasteiger partial charge < -0.3 is 9.31 Å². The number of halogens is 1. The Balaban J connectivity index is 1.82. The number of benzene rings is 1. The number of allylic oxidation sites excluding steroid dienone is 1. The van der Waals surface area contributed by atoms with Gasteiger partial charge in [0.05, 0.1) is 11.2 Å². The summed E-state index contributed by atoms with van der Waals surface area (Å²) >= 11 is 0. The van der Waals surface area contributed by atoms with Gasteiger partial charge in [-0.15, -0.1) is 0 Å². The maximum Gasteiger partial charge on any atom is 0.486 e. The second kappa shape index (κ2) is 5.70. The van der Waals surface area contributed by atoms with Crippen LogP contribution >= 0.6 is 0 Å². The average molecular weight is 276 g/mol. The highest BCUT2D eigenvalue weighted by Crippen LogP contribution is 2.36. The van der Waals surface area contributed by atoms with Crippen molar-refractivity contribution in [3.8, 4) is 0 Å². The third kappa shape index (κ3) is 3.50. The summed E-state index contributed by atoms with van der Waals surface area (Å²) in [6.45, 7) is 8.16. The van der Waals surface area contributed by atoms with Crippen LogP contribution in [0.4, 0.5) is 4.39 Å². The van der Waals surface area contributed by atoms with Crippen LogP contribution < -0.4 is 0 Å². The molecule has 0 amide bonds. The number of hydrogen-bond donors (Lipinski definition) is 0. The first-order valence-corrected chi connectivity index (χ1v) is 7.07. The van der Waals surface area contributed by atoms with Crippen molar-refractivity contribution in [3.63, 3.8) is 0 Å². The van der Waals surface area contributed by atoms with E-state index in [2.05, 4.69) is 6.08 Å². The maximum absolute atomic E-state index is 12.8. The Morgan fingerprint density at radius 3 is 2.15 bits per heavy atom. The zero-order valence-electron chi connectivity index (χ0n) is 12.7. The molecule has 1 aliphatic heterocycles. The molecule has 0 atom stereocenters. The summed E-state index contributed by atoms with van der Waals surface area (Å²) in [5.41, 5.74) is 0.544. The molecule has 0 spiro atoms. The second-order valence-corrected chi connectivity index (χ2v) is 6.22. The fourth-order valence-electron chi connectivity index (χ4n) is 2.08. The molecule has 1 fully saturated rings. The van der Waals surface area contributed by atoms with E-state index in [4.69, 9.17) is 9.31 Å². The van der Waals surface area contributed by atoms with Crippen molar-refractivity contribution in [1.29, 1.82) is 0 Å². The number of rotatable bonds is 4. The standard InChI is InChI=1S/C16H22BFO2/c1-15(2)16(3,4)20-17(19-15)12-6-5-7-13-8-10-14(18)11-9-13/h6,8-12H,5,7H2,1-4H3/b12-6+. The average Bonchev–Trinajstić information content (AvgIpc) is 2.56. The lowest BCUT2D eigenvalue weighted by Crippen LogP contribution is -2.41. The van der Waals surface area contributed by atoms with Crippen LogP contribution in [-0.4, -0.2) is 18.3 Å². The van der Waals surface area contributed by atoms with Gasteiger partial charge in [-0.2, -0.15) is 0 Å². The van der Waals surface area contributed by atoms with Crippen LogP contribution in [0, 0.1) is 5.82 Å². The normalized spacial score (nSPS) is 20.8. The van der Waals surface area contributed by atoms with Crippen molar-refractivity contribution in [3.05, 3.63) is 47.7 Å². The monoisotopic (exact) mass is 276 g/mol. The summed E-state index contributed by atoms with van der Waals surface area (Å²) in [5.74, 6) is 1.77. The molecule has 1 aromatic rings. The molecule has 0 bridgehead atoms. The first kappa shape index (κ1) is 15.3. The molecule has 1 aromatic carbocycles. The van der Waals surface area contributed by atoms with Gasteiger partial charge in [0, 0.05) is 0 Å². The molecule has 1 heterocycles. The minimum absolute atomic E-state index is 0.193. The molecular weight excluding hydrogens is 254 g/mol. The fraction of sp³-hybridized carbons (Fsp3) is 0.500. The lowest BCUT2D eigenvalue weighted by atomic mass is 9.89. The Hall–Kier alpha value is -1.13. The summed E-state index contributed by atoms with van der Waals surface area (Å²) in [6.07, 6.45) is 3.83. The second-order valence-electron chi connectivity index (χ2n) is 6.22. The van der Waals surface area contributed by atoms with E-state index in [-0.39, 0.29) is 24.1 Å². The van der Waals surface area contributed by atoms with Gasteiger partial charge in [-0.05, 0) is 58.2 Å². The van der Waals surface area contributed by atoms with Crippen molar-refractivity contribution in [2.24, 2.45) is 0 Å². The molecule has 20 heavy (non-hydrogen) atoms. The van der Waals surface area contributed by atoms with Gasteiger partial charge in [0.25, 0.3) is 0 Å². The molecule has 1 aliphatic rings. The van der Waals surface area contributed by atoms with Gasteiger partial charge in [-0.3, -0.25) is 0 Å². The van der Waals surface area contributed by atoms with Crippen LogP contribution in [0.3, 0.4) is 0 Å². The van der Waals surface area contributed by atoms with E-state index in [0.717, 1.165) is 18.4 Å². The van der Waals surface area contributed by atoms with Crippen LogP contribution in [0.5, 0.6) is 0 Å². The smallest absolute Gasteiger partial charge is 0.400 e. The SMILES string of the molecule is CC1(C)OB(/C=C/CCc2ccc(F)cc2)OC1(C)C. The predicted octanol–water partition coefficient (Wildman–Crippen LogP) is 3.95. The topological polar surface area (TPSA) is 18.5 Å². The lowest BCUT2D eigenvalue weighted by molar-refractivity contribution is 0.00578. The molecule has 0 saturated carbocycles. The highest BCUT2D eigenvalue weighted by Gasteiger charge is 2.49. The molecule has 0 aliphatic carbocycles. The minimum atomic E-state index is -0.293. The fourth-order valence-corrected chi connectivity index (χ4v) is 2.08. The Morgan fingerprint density at radius 1 is 1.05 bits per heavy atom. The van der Waals surface area contributed by atoms with Crippen LogP contribution in [-0.2, 0) is 15.7 Å². The Bertz CT molecular complexity index is 464. The van der Waals surface area contributed by atoms with Crippen molar-refractivity contribution < 1.29 is 13.7 Å². The largest absolute Gasteiger partial charge is 0.486 e. The third-order valence-corrected chi connectivity index (χ3v) is 4.08. The van der Waals surface area contributed by atoms with Crippen LogP contribution in [0.2, 0.25) is 0 Å². The van der Waals surface area contributed by atoms with Gasteiger partial charge in [0.1, 0.15) is 5.82 Å². The molecule has 1 saturated heterocycles. The summed E-state index contributed by atoms with van der Waals surface area (Å²) in [7, 11) is -0.284. The molecular formula is C16H22BFO2. The summed E-state index contributed by atoms with van der Waals surface area (Å²) < 4.78 is 24.5. The molecule has 108 valence electrons. The van der Waals surface area contributed by atoms with Crippen LogP contribution in [0.25, 0.3) is 0 Å². The molecule has 0 aromatic heterocycles.